The number of nitrogens with zero attached hydrogens (tertiary/aromatic N) is 2. The van der Waals surface area contributed by atoms with E-state index in [2.05, 4.69) is 20.9 Å². The third kappa shape index (κ3) is 10.1. The van der Waals surface area contributed by atoms with E-state index in [1.165, 1.54) is 12.1 Å². The number of anilines is 1. The number of carbonyl (C=O) groups is 4. The standard InChI is InChI=1S/C32H49ClFN5O5/c1-7-26(40)36-27(30(42)39-16-14-38(6)15-17-39)20(2)22-18-24(34)25(19-23(22)33)35-29(41)28(21-12-10-8-9-11-13-21)37-31(43)44-32(3,4)5/h18-21,27-28H,7-17H2,1-6H3,(H,35,41)(H,36,40)(H,37,43)/t20-,27+,28-/m0/s1. The van der Waals surface area contributed by atoms with E-state index in [1.807, 2.05) is 7.05 Å². The van der Waals surface area contributed by atoms with Gasteiger partial charge in [0.1, 0.15) is 23.5 Å². The highest BCUT2D eigenvalue weighted by Gasteiger charge is 2.35. The van der Waals surface area contributed by atoms with Gasteiger partial charge in [-0.25, -0.2) is 9.18 Å². The molecule has 1 saturated carbocycles. The van der Waals surface area contributed by atoms with Gasteiger partial charge in [0.25, 0.3) is 0 Å². The lowest BCUT2D eigenvalue weighted by Gasteiger charge is -2.36. The second-order valence-electron chi connectivity index (χ2n) is 13.0. The lowest BCUT2D eigenvalue weighted by molar-refractivity contribution is -0.138. The average molecular weight is 638 g/mol. The van der Waals surface area contributed by atoms with Crippen LogP contribution in [0.25, 0.3) is 0 Å². The first-order valence-corrected chi connectivity index (χ1v) is 16.1. The fourth-order valence-electron chi connectivity index (χ4n) is 5.77. The summed E-state index contributed by atoms with van der Waals surface area (Å²) in [7, 11) is 1.98. The van der Waals surface area contributed by atoms with Gasteiger partial charge in [0.15, 0.2) is 0 Å². The van der Waals surface area contributed by atoms with Gasteiger partial charge >= 0.3 is 6.09 Å². The Labute approximate surface area is 265 Å². The molecule has 0 bridgehead atoms. The number of halogens is 2. The van der Waals surface area contributed by atoms with Crippen LogP contribution < -0.4 is 16.0 Å². The monoisotopic (exact) mass is 637 g/mol. The number of likely N-dealkylation sites (N-methyl/N-ethyl adjacent to an activating group) is 1. The first kappa shape index (κ1) is 35.6. The van der Waals surface area contributed by atoms with Gasteiger partial charge in [-0.15, -0.1) is 0 Å². The molecule has 10 nitrogen and oxygen atoms in total. The van der Waals surface area contributed by atoms with Crippen LogP contribution in [-0.2, 0) is 19.1 Å². The molecule has 12 heteroatoms. The summed E-state index contributed by atoms with van der Waals surface area (Å²) in [5.74, 6) is -2.64. The quantitative estimate of drug-likeness (QED) is 0.326. The molecule has 1 aromatic rings. The zero-order valence-corrected chi connectivity index (χ0v) is 27.7. The van der Waals surface area contributed by atoms with E-state index < -0.39 is 41.4 Å². The molecule has 1 aromatic carbocycles. The molecular weight excluding hydrogens is 589 g/mol. The molecule has 0 spiro atoms. The predicted octanol–water partition coefficient (Wildman–Crippen LogP) is 5.05. The number of benzene rings is 1. The Morgan fingerprint density at radius 3 is 2.20 bits per heavy atom. The van der Waals surface area contributed by atoms with Gasteiger partial charge in [-0.1, -0.05) is 51.1 Å². The molecule has 3 N–H and O–H groups in total. The lowest BCUT2D eigenvalue weighted by atomic mass is 9.90. The van der Waals surface area contributed by atoms with Gasteiger partial charge in [0.2, 0.25) is 17.7 Å². The van der Waals surface area contributed by atoms with Gasteiger partial charge in [0.05, 0.1) is 5.69 Å². The Bertz CT molecular complexity index is 1180. The van der Waals surface area contributed by atoms with Crippen LogP contribution in [0, 0.1) is 11.7 Å². The summed E-state index contributed by atoms with van der Waals surface area (Å²) >= 11 is 6.66. The van der Waals surface area contributed by atoms with Gasteiger partial charge < -0.3 is 30.5 Å². The minimum absolute atomic E-state index is 0.133. The number of carbonyl (C=O) groups excluding carboxylic acids is 4. The number of rotatable bonds is 9. The van der Waals surface area contributed by atoms with E-state index in [1.54, 1.807) is 39.5 Å². The molecule has 2 aliphatic rings. The zero-order valence-electron chi connectivity index (χ0n) is 26.9. The fourth-order valence-corrected chi connectivity index (χ4v) is 6.11. The molecular formula is C32H49ClFN5O5. The van der Waals surface area contributed by atoms with E-state index >= 15 is 4.39 Å². The van der Waals surface area contributed by atoms with Crippen molar-refractivity contribution in [3.05, 3.63) is 28.5 Å². The van der Waals surface area contributed by atoms with Crippen LogP contribution in [0.15, 0.2) is 12.1 Å². The van der Waals surface area contributed by atoms with Crippen LogP contribution in [0.3, 0.4) is 0 Å². The van der Waals surface area contributed by atoms with Gasteiger partial charge in [-0.2, -0.15) is 0 Å². The van der Waals surface area contributed by atoms with Gasteiger partial charge in [0, 0.05) is 43.5 Å². The highest BCUT2D eigenvalue weighted by atomic mass is 35.5. The van der Waals surface area contributed by atoms with Crippen LogP contribution in [0.5, 0.6) is 0 Å². The normalized spacial score (nSPS) is 18.9. The van der Waals surface area contributed by atoms with Crippen molar-refractivity contribution >= 4 is 41.1 Å². The fraction of sp³-hybridized carbons (Fsp3) is 0.688. The topological polar surface area (TPSA) is 120 Å². The number of amides is 4. The highest BCUT2D eigenvalue weighted by molar-refractivity contribution is 6.31. The number of alkyl carbamates (subject to hydrolysis) is 1. The summed E-state index contributed by atoms with van der Waals surface area (Å²) in [6.45, 7) is 11.1. The number of piperazine rings is 1. The molecule has 1 aliphatic carbocycles. The van der Waals surface area contributed by atoms with E-state index in [-0.39, 0.29) is 34.9 Å². The SMILES string of the molecule is CCC(=O)N[C@@H](C(=O)N1CCN(C)CC1)[C@@H](C)c1cc(F)c(NC(=O)[C@@H](NC(=O)OC(C)(C)C)C2CCCCCC2)cc1Cl. The first-order valence-electron chi connectivity index (χ1n) is 15.8. The van der Waals surface area contributed by atoms with Crippen molar-refractivity contribution in [1.82, 2.24) is 20.4 Å². The van der Waals surface area contributed by atoms with Crippen molar-refractivity contribution in [3.8, 4) is 0 Å². The Hall–Kier alpha value is -2.92. The lowest BCUT2D eigenvalue weighted by Crippen LogP contribution is -2.55. The Morgan fingerprint density at radius 2 is 1.64 bits per heavy atom. The highest BCUT2D eigenvalue weighted by Crippen LogP contribution is 2.33. The van der Waals surface area contributed by atoms with Crippen LogP contribution in [0.1, 0.15) is 91.0 Å². The van der Waals surface area contributed by atoms with E-state index in [0.717, 1.165) is 38.5 Å². The van der Waals surface area contributed by atoms with Crippen molar-refractivity contribution in [2.24, 2.45) is 5.92 Å². The molecule has 44 heavy (non-hydrogen) atoms. The smallest absolute Gasteiger partial charge is 0.408 e. The van der Waals surface area contributed by atoms with Crippen molar-refractivity contribution < 1.29 is 28.3 Å². The third-order valence-electron chi connectivity index (χ3n) is 8.38. The summed E-state index contributed by atoms with van der Waals surface area (Å²) < 4.78 is 21.0. The van der Waals surface area contributed by atoms with Crippen molar-refractivity contribution in [2.45, 2.75) is 103 Å². The molecule has 0 radical (unpaired) electrons. The molecule has 0 unspecified atom stereocenters. The third-order valence-corrected chi connectivity index (χ3v) is 8.71. The predicted molar refractivity (Wildman–Crippen MR) is 169 cm³/mol. The maximum absolute atomic E-state index is 15.6. The summed E-state index contributed by atoms with van der Waals surface area (Å²) in [6, 6.07) is 0.653. The number of hydrogen-bond donors (Lipinski definition) is 3. The first-order chi connectivity index (χ1) is 20.7. The second-order valence-corrected chi connectivity index (χ2v) is 13.4. The number of nitrogens with one attached hydrogen (secondary N) is 3. The molecule has 246 valence electrons. The van der Waals surface area contributed by atoms with E-state index in [9.17, 15) is 19.2 Å². The molecule has 3 atom stereocenters. The van der Waals surface area contributed by atoms with Crippen molar-refractivity contribution in [1.29, 1.82) is 0 Å². The maximum atomic E-state index is 15.6. The molecule has 1 heterocycles. The number of ether oxygens (including phenoxy) is 1. The molecule has 0 aromatic heterocycles. The largest absolute Gasteiger partial charge is 0.444 e. The number of hydrogen-bond acceptors (Lipinski definition) is 6. The van der Waals surface area contributed by atoms with Crippen molar-refractivity contribution in [3.63, 3.8) is 0 Å². The Kier molecular flexibility index (Phi) is 12.8. The molecule has 1 saturated heterocycles. The minimum Gasteiger partial charge on any atom is -0.444 e. The van der Waals surface area contributed by atoms with Crippen LogP contribution >= 0.6 is 11.6 Å². The van der Waals surface area contributed by atoms with Crippen LogP contribution in [-0.4, -0.2) is 84.5 Å². The van der Waals surface area contributed by atoms with Crippen LogP contribution in [0.2, 0.25) is 5.02 Å². The van der Waals surface area contributed by atoms with Crippen molar-refractivity contribution in [2.75, 3.05) is 38.5 Å². The summed E-state index contributed by atoms with van der Waals surface area (Å²) in [4.78, 5) is 56.0. The summed E-state index contributed by atoms with van der Waals surface area (Å²) in [5.41, 5.74) is -0.556. The zero-order chi connectivity index (χ0) is 32.6. The van der Waals surface area contributed by atoms with E-state index in [4.69, 9.17) is 16.3 Å². The second kappa shape index (κ2) is 15.9. The van der Waals surface area contributed by atoms with Gasteiger partial charge in [-0.05, 0) is 64.3 Å². The Balaban J connectivity index is 1.84. The van der Waals surface area contributed by atoms with Gasteiger partial charge in [-0.3, -0.25) is 14.4 Å². The molecule has 2 fully saturated rings. The summed E-state index contributed by atoms with van der Waals surface area (Å²) in [6.07, 6.45) is 4.94. The average Bonchev–Trinajstić information content (AvgIpc) is 3.24. The molecule has 3 rings (SSSR count). The van der Waals surface area contributed by atoms with E-state index in [0.29, 0.717) is 31.7 Å². The maximum Gasteiger partial charge on any atom is 0.408 e. The summed E-state index contributed by atoms with van der Waals surface area (Å²) in [5, 5.41) is 8.31. The molecule has 1 aliphatic heterocycles. The molecule has 4 amide bonds. The minimum atomic E-state index is -0.944. The Morgan fingerprint density at radius 1 is 1.02 bits per heavy atom. The van der Waals surface area contributed by atoms with Crippen LogP contribution in [0.4, 0.5) is 14.9 Å².